The fourth-order valence-corrected chi connectivity index (χ4v) is 2.23. The average molecular weight is 273 g/mol. The molecule has 2 aromatic carbocycles. The summed E-state index contributed by atoms with van der Waals surface area (Å²) in [7, 11) is 0. The Balaban J connectivity index is 1.75. The quantitative estimate of drug-likeness (QED) is 0.553. The van der Waals surface area contributed by atoms with Gasteiger partial charge in [-0.05, 0) is 60.5 Å². The average Bonchev–Trinajstić information content (AvgIpc) is 2.45. The van der Waals surface area contributed by atoms with Crippen LogP contribution in [-0.4, -0.2) is 5.24 Å². The standard InChI is InChI=1S/C17H17ClO/c18-17(19)16-12-10-15(11-13-16)9-5-4-8-14-6-2-1-3-7-14/h1-3,6-7,10-13H,4-5,8-9H2. The molecule has 2 heteroatoms. The smallest absolute Gasteiger partial charge is 0.252 e. The third kappa shape index (κ3) is 4.53. The summed E-state index contributed by atoms with van der Waals surface area (Å²) in [6, 6.07) is 18.1. The van der Waals surface area contributed by atoms with E-state index in [1.54, 1.807) is 12.1 Å². The van der Waals surface area contributed by atoms with Crippen LogP contribution in [-0.2, 0) is 12.8 Å². The number of halogens is 1. The minimum Gasteiger partial charge on any atom is -0.276 e. The predicted molar refractivity (Wildman–Crippen MR) is 79.7 cm³/mol. The van der Waals surface area contributed by atoms with Crippen LogP contribution in [0, 0.1) is 0 Å². The molecule has 0 saturated carbocycles. The summed E-state index contributed by atoms with van der Waals surface area (Å²) in [4.78, 5) is 10.9. The fraction of sp³-hybridized carbons (Fsp3) is 0.235. The number of unbranched alkanes of at least 4 members (excludes halogenated alkanes) is 1. The molecule has 2 rings (SSSR count). The summed E-state index contributed by atoms with van der Waals surface area (Å²) in [6.07, 6.45) is 4.51. The Kier molecular flexibility index (Phi) is 5.17. The zero-order chi connectivity index (χ0) is 13.5. The summed E-state index contributed by atoms with van der Waals surface area (Å²) in [5.41, 5.74) is 3.22. The lowest BCUT2D eigenvalue weighted by molar-refractivity contribution is 0.108. The van der Waals surface area contributed by atoms with E-state index in [1.165, 1.54) is 17.5 Å². The van der Waals surface area contributed by atoms with Crippen molar-refractivity contribution >= 4 is 16.8 Å². The lowest BCUT2D eigenvalue weighted by Crippen LogP contribution is -1.92. The Morgan fingerprint density at radius 1 is 0.789 bits per heavy atom. The molecular formula is C17H17ClO. The monoisotopic (exact) mass is 272 g/mol. The molecule has 0 unspecified atom stereocenters. The van der Waals surface area contributed by atoms with E-state index in [-0.39, 0.29) is 0 Å². The van der Waals surface area contributed by atoms with E-state index in [0.717, 1.165) is 19.3 Å². The molecule has 0 aliphatic rings. The molecule has 0 N–H and O–H groups in total. The number of hydrogen-bond acceptors (Lipinski definition) is 1. The van der Waals surface area contributed by atoms with Gasteiger partial charge in [-0.3, -0.25) is 4.79 Å². The Hall–Kier alpha value is -1.60. The van der Waals surface area contributed by atoms with Crippen molar-refractivity contribution in [1.82, 2.24) is 0 Å². The minimum atomic E-state index is -0.393. The maximum Gasteiger partial charge on any atom is 0.252 e. The van der Waals surface area contributed by atoms with Crippen molar-refractivity contribution < 1.29 is 4.79 Å². The molecule has 2 aromatic rings. The van der Waals surface area contributed by atoms with Crippen LogP contribution >= 0.6 is 11.6 Å². The predicted octanol–water partition coefficient (Wildman–Crippen LogP) is 4.63. The van der Waals surface area contributed by atoms with E-state index in [1.807, 2.05) is 18.2 Å². The van der Waals surface area contributed by atoms with Crippen LogP contribution in [0.3, 0.4) is 0 Å². The number of hydrogen-bond donors (Lipinski definition) is 0. The molecular weight excluding hydrogens is 256 g/mol. The summed E-state index contributed by atoms with van der Waals surface area (Å²) in [5, 5.41) is -0.393. The molecule has 0 amide bonds. The highest BCUT2D eigenvalue weighted by atomic mass is 35.5. The van der Waals surface area contributed by atoms with Gasteiger partial charge in [0.15, 0.2) is 0 Å². The molecule has 1 nitrogen and oxygen atoms in total. The summed E-state index contributed by atoms with van der Waals surface area (Å²) in [6.45, 7) is 0. The van der Waals surface area contributed by atoms with Crippen LogP contribution in [0.2, 0.25) is 0 Å². The van der Waals surface area contributed by atoms with E-state index < -0.39 is 5.24 Å². The van der Waals surface area contributed by atoms with Gasteiger partial charge in [0, 0.05) is 5.56 Å². The maximum atomic E-state index is 10.9. The largest absolute Gasteiger partial charge is 0.276 e. The molecule has 0 heterocycles. The molecule has 0 aliphatic carbocycles. The highest BCUT2D eigenvalue weighted by Crippen LogP contribution is 2.11. The first-order valence-corrected chi connectivity index (χ1v) is 6.96. The number of carbonyl (C=O) groups excluding carboxylic acids is 1. The van der Waals surface area contributed by atoms with Gasteiger partial charge < -0.3 is 0 Å². The second-order valence-electron chi connectivity index (χ2n) is 4.66. The van der Waals surface area contributed by atoms with E-state index in [9.17, 15) is 4.79 Å². The molecule has 0 aliphatic heterocycles. The molecule has 0 atom stereocenters. The van der Waals surface area contributed by atoms with Crippen LogP contribution in [0.4, 0.5) is 0 Å². The number of aryl methyl sites for hydroxylation is 2. The molecule has 0 aromatic heterocycles. The molecule has 0 spiro atoms. The lowest BCUT2D eigenvalue weighted by atomic mass is 10.0. The van der Waals surface area contributed by atoms with Crippen LogP contribution in [0.25, 0.3) is 0 Å². The number of benzene rings is 2. The third-order valence-electron chi connectivity index (χ3n) is 3.20. The lowest BCUT2D eigenvalue weighted by Gasteiger charge is -2.03. The van der Waals surface area contributed by atoms with Gasteiger partial charge in [-0.25, -0.2) is 0 Å². The van der Waals surface area contributed by atoms with Crippen molar-refractivity contribution in [2.24, 2.45) is 0 Å². The van der Waals surface area contributed by atoms with Crippen molar-refractivity contribution in [1.29, 1.82) is 0 Å². The van der Waals surface area contributed by atoms with Gasteiger partial charge in [0.25, 0.3) is 5.24 Å². The number of rotatable bonds is 6. The Bertz CT molecular complexity index is 517. The van der Waals surface area contributed by atoms with Gasteiger partial charge in [0.05, 0.1) is 0 Å². The van der Waals surface area contributed by atoms with Gasteiger partial charge in [-0.2, -0.15) is 0 Å². The van der Waals surface area contributed by atoms with Gasteiger partial charge in [0.2, 0.25) is 0 Å². The summed E-state index contributed by atoms with van der Waals surface area (Å²) in [5.74, 6) is 0. The maximum absolute atomic E-state index is 10.9. The fourth-order valence-electron chi connectivity index (χ4n) is 2.11. The zero-order valence-electron chi connectivity index (χ0n) is 10.8. The highest BCUT2D eigenvalue weighted by molar-refractivity contribution is 6.67. The van der Waals surface area contributed by atoms with Crippen LogP contribution in [0.1, 0.15) is 34.3 Å². The van der Waals surface area contributed by atoms with Crippen molar-refractivity contribution in [2.75, 3.05) is 0 Å². The highest BCUT2D eigenvalue weighted by Gasteiger charge is 2.01. The Labute approximate surface area is 119 Å². The Morgan fingerprint density at radius 3 is 1.84 bits per heavy atom. The SMILES string of the molecule is O=C(Cl)c1ccc(CCCCc2ccccc2)cc1. The van der Waals surface area contributed by atoms with Crippen LogP contribution < -0.4 is 0 Å². The first kappa shape index (κ1) is 13.8. The molecule has 0 radical (unpaired) electrons. The second kappa shape index (κ2) is 7.10. The molecule has 0 saturated heterocycles. The van der Waals surface area contributed by atoms with Crippen molar-refractivity contribution in [3.05, 3.63) is 71.3 Å². The summed E-state index contributed by atoms with van der Waals surface area (Å²) < 4.78 is 0. The summed E-state index contributed by atoms with van der Waals surface area (Å²) >= 11 is 5.41. The first-order chi connectivity index (χ1) is 9.25. The topological polar surface area (TPSA) is 17.1 Å². The van der Waals surface area contributed by atoms with Crippen LogP contribution in [0.15, 0.2) is 54.6 Å². The third-order valence-corrected chi connectivity index (χ3v) is 3.42. The Morgan fingerprint density at radius 2 is 1.32 bits per heavy atom. The van der Waals surface area contributed by atoms with Gasteiger partial charge in [-0.15, -0.1) is 0 Å². The van der Waals surface area contributed by atoms with Gasteiger partial charge in [0.1, 0.15) is 0 Å². The zero-order valence-corrected chi connectivity index (χ0v) is 11.6. The molecule has 98 valence electrons. The molecule has 0 bridgehead atoms. The molecule has 0 fully saturated rings. The van der Waals surface area contributed by atoms with Crippen molar-refractivity contribution in [2.45, 2.75) is 25.7 Å². The van der Waals surface area contributed by atoms with E-state index in [4.69, 9.17) is 11.6 Å². The number of carbonyl (C=O) groups is 1. The van der Waals surface area contributed by atoms with E-state index in [0.29, 0.717) is 5.56 Å². The van der Waals surface area contributed by atoms with Crippen molar-refractivity contribution in [3.63, 3.8) is 0 Å². The van der Waals surface area contributed by atoms with Gasteiger partial charge >= 0.3 is 0 Å². The second-order valence-corrected chi connectivity index (χ2v) is 5.01. The van der Waals surface area contributed by atoms with Gasteiger partial charge in [-0.1, -0.05) is 42.5 Å². The molecule has 19 heavy (non-hydrogen) atoms. The van der Waals surface area contributed by atoms with Crippen LogP contribution in [0.5, 0.6) is 0 Å². The normalized spacial score (nSPS) is 10.4. The van der Waals surface area contributed by atoms with Crippen molar-refractivity contribution in [3.8, 4) is 0 Å². The minimum absolute atomic E-state index is 0.393. The first-order valence-electron chi connectivity index (χ1n) is 6.58. The van der Waals surface area contributed by atoms with E-state index >= 15 is 0 Å². The van der Waals surface area contributed by atoms with E-state index in [2.05, 4.69) is 24.3 Å².